The minimum absolute atomic E-state index is 0.0482. The number of carbonyl (C=O) groups is 2. The number of hydrogen-bond acceptors (Lipinski definition) is 3. The summed E-state index contributed by atoms with van der Waals surface area (Å²) in [5.41, 5.74) is 2.61. The number of aliphatic hydroxyl groups is 1. The van der Waals surface area contributed by atoms with E-state index in [0.717, 1.165) is 17.7 Å². The molecule has 1 fully saturated rings. The Hall–Kier alpha value is -2.99. The maximum atomic E-state index is 12.3. The standard InChI is InChI=1S/C21H20N2O4/c1-13(24)18-17-11-16(19(21(26)27)23(17)20(18)25)15-7-5-14(6-8-15)12-22-9-3-2-4-10-22/h2-10,13,17-18,24H,11-12H2,1H3/p+1/t13-,17-,18-/m1/s1. The molecule has 2 aliphatic rings. The van der Waals surface area contributed by atoms with Gasteiger partial charge in [-0.1, -0.05) is 30.3 Å². The molecule has 1 aromatic heterocycles. The topological polar surface area (TPSA) is 81.7 Å². The van der Waals surface area contributed by atoms with Gasteiger partial charge < -0.3 is 15.1 Å². The summed E-state index contributed by atoms with van der Waals surface area (Å²) < 4.78 is 2.06. The maximum absolute atomic E-state index is 12.3. The van der Waals surface area contributed by atoms with Gasteiger partial charge in [-0.3, -0.25) is 4.79 Å². The monoisotopic (exact) mass is 365 g/mol. The van der Waals surface area contributed by atoms with Gasteiger partial charge in [-0.15, -0.1) is 0 Å². The van der Waals surface area contributed by atoms with Crippen LogP contribution in [0.5, 0.6) is 0 Å². The summed E-state index contributed by atoms with van der Waals surface area (Å²) in [5, 5.41) is 19.5. The van der Waals surface area contributed by atoms with Gasteiger partial charge in [0.2, 0.25) is 5.91 Å². The molecule has 0 aliphatic carbocycles. The largest absolute Gasteiger partial charge is 0.477 e. The Morgan fingerprint density at radius 1 is 1.22 bits per heavy atom. The third kappa shape index (κ3) is 2.92. The second kappa shape index (κ2) is 6.63. The lowest BCUT2D eigenvalue weighted by molar-refractivity contribution is -0.688. The highest BCUT2D eigenvalue weighted by molar-refractivity contribution is 6.06. The summed E-state index contributed by atoms with van der Waals surface area (Å²) in [5.74, 6) is -1.93. The number of amides is 1. The van der Waals surface area contributed by atoms with Gasteiger partial charge in [0.05, 0.1) is 18.1 Å². The Labute approximate surface area is 157 Å². The fraction of sp³-hybridized carbons (Fsp3) is 0.286. The molecule has 0 bridgehead atoms. The first-order valence-electron chi connectivity index (χ1n) is 8.98. The Morgan fingerprint density at radius 2 is 1.89 bits per heavy atom. The Kier molecular flexibility index (Phi) is 4.28. The SMILES string of the molecule is C[C@@H](O)[C@H]1C(=O)N2C(C(=O)O)=C(c3ccc(C[n+]4ccccc4)cc3)C[C@H]12. The third-order valence-corrected chi connectivity index (χ3v) is 5.38. The average molecular weight is 365 g/mol. The molecule has 138 valence electrons. The predicted octanol–water partition coefficient (Wildman–Crippen LogP) is 1.43. The number of carboxylic acid groups (broad SMARTS) is 1. The fourth-order valence-electron chi connectivity index (χ4n) is 4.09. The van der Waals surface area contributed by atoms with E-state index in [1.807, 2.05) is 54.9 Å². The van der Waals surface area contributed by atoms with Crippen LogP contribution in [0.4, 0.5) is 0 Å². The van der Waals surface area contributed by atoms with Crippen molar-refractivity contribution in [1.29, 1.82) is 0 Å². The van der Waals surface area contributed by atoms with Crippen LogP contribution in [-0.4, -0.2) is 39.1 Å². The van der Waals surface area contributed by atoms with E-state index < -0.39 is 18.0 Å². The number of fused-ring (bicyclic) bond motifs is 1. The van der Waals surface area contributed by atoms with Crippen LogP contribution in [-0.2, 0) is 16.1 Å². The molecule has 4 rings (SSSR count). The van der Waals surface area contributed by atoms with Crippen LogP contribution in [0.25, 0.3) is 5.57 Å². The van der Waals surface area contributed by atoms with E-state index in [0.29, 0.717) is 12.0 Å². The van der Waals surface area contributed by atoms with E-state index in [1.165, 1.54) is 4.90 Å². The molecule has 6 nitrogen and oxygen atoms in total. The summed E-state index contributed by atoms with van der Waals surface area (Å²) in [4.78, 5) is 25.4. The third-order valence-electron chi connectivity index (χ3n) is 5.38. The van der Waals surface area contributed by atoms with E-state index in [4.69, 9.17) is 0 Å². The number of hydrogen-bond donors (Lipinski definition) is 2. The van der Waals surface area contributed by atoms with Crippen molar-refractivity contribution < 1.29 is 24.4 Å². The van der Waals surface area contributed by atoms with Crippen molar-refractivity contribution in [2.75, 3.05) is 0 Å². The van der Waals surface area contributed by atoms with E-state index >= 15 is 0 Å². The molecule has 0 saturated carbocycles. The average Bonchev–Trinajstić information content (AvgIpc) is 2.98. The minimum atomic E-state index is -1.10. The number of aromatic nitrogens is 1. The fourth-order valence-corrected chi connectivity index (χ4v) is 4.09. The Bertz CT molecular complexity index is 919. The second-order valence-electron chi connectivity index (χ2n) is 7.12. The zero-order chi connectivity index (χ0) is 19.1. The highest BCUT2D eigenvalue weighted by Crippen LogP contribution is 2.46. The van der Waals surface area contributed by atoms with Crippen LogP contribution in [0, 0.1) is 5.92 Å². The number of aliphatic hydroxyl groups excluding tert-OH is 1. The van der Waals surface area contributed by atoms with E-state index in [1.54, 1.807) is 6.92 Å². The zero-order valence-electron chi connectivity index (χ0n) is 14.9. The number of carboxylic acids is 1. The molecule has 2 aromatic rings. The number of nitrogens with zero attached hydrogens (tertiary/aromatic N) is 2. The highest BCUT2D eigenvalue weighted by Gasteiger charge is 2.56. The van der Waals surface area contributed by atoms with E-state index in [2.05, 4.69) is 4.57 Å². The number of rotatable bonds is 5. The van der Waals surface area contributed by atoms with Gasteiger partial charge in [0, 0.05) is 17.7 Å². The van der Waals surface area contributed by atoms with Crippen molar-refractivity contribution in [2.45, 2.75) is 32.0 Å². The lowest BCUT2D eigenvalue weighted by Gasteiger charge is -2.44. The van der Waals surface area contributed by atoms with Crippen molar-refractivity contribution in [3.05, 3.63) is 71.7 Å². The first kappa shape index (κ1) is 17.4. The first-order valence-corrected chi connectivity index (χ1v) is 8.98. The van der Waals surface area contributed by atoms with Crippen molar-refractivity contribution in [3.63, 3.8) is 0 Å². The molecule has 3 heterocycles. The van der Waals surface area contributed by atoms with Gasteiger partial charge in [0.15, 0.2) is 18.9 Å². The molecule has 0 spiro atoms. The molecule has 1 aromatic carbocycles. The molecule has 27 heavy (non-hydrogen) atoms. The van der Waals surface area contributed by atoms with Crippen LogP contribution < -0.4 is 4.57 Å². The molecular formula is C21H21N2O4+. The number of pyridine rings is 1. The number of β-lactam (4-membered cyclic amide) rings is 1. The molecule has 6 heteroatoms. The second-order valence-corrected chi connectivity index (χ2v) is 7.12. The van der Waals surface area contributed by atoms with Crippen LogP contribution in [0.3, 0.4) is 0 Å². The summed E-state index contributed by atoms with van der Waals surface area (Å²) in [6, 6.07) is 13.4. The van der Waals surface area contributed by atoms with Crippen LogP contribution >= 0.6 is 0 Å². The van der Waals surface area contributed by atoms with Crippen LogP contribution in [0.15, 0.2) is 60.6 Å². The Balaban J connectivity index is 1.61. The normalized spacial score (nSPS) is 22.4. The number of benzene rings is 1. The summed E-state index contributed by atoms with van der Waals surface area (Å²) >= 11 is 0. The minimum Gasteiger partial charge on any atom is -0.477 e. The van der Waals surface area contributed by atoms with Crippen molar-refractivity contribution in [3.8, 4) is 0 Å². The van der Waals surface area contributed by atoms with Gasteiger partial charge in [0.1, 0.15) is 5.70 Å². The van der Waals surface area contributed by atoms with Crippen molar-refractivity contribution in [2.24, 2.45) is 5.92 Å². The Morgan fingerprint density at radius 3 is 2.48 bits per heavy atom. The molecular weight excluding hydrogens is 344 g/mol. The lowest BCUT2D eigenvalue weighted by Crippen LogP contribution is -2.61. The summed E-state index contributed by atoms with van der Waals surface area (Å²) in [6.45, 7) is 2.30. The van der Waals surface area contributed by atoms with E-state index in [9.17, 15) is 19.8 Å². The van der Waals surface area contributed by atoms with Gasteiger partial charge in [-0.25, -0.2) is 9.36 Å². The molecule has 0 unspecified atom stereocenters. The smallest absolute Gasteiger partial charge is 0.352 e. The summed E-state index contributed by atoms with van der Waals surface area (Å²) in [6.07, 6.45) is 3.65. The van der Waals surface area contributed by atoms with Crippen molar-refractivity contribution >= 4 is 17.4 Å². The van der Waals surface area contributed by atoms with Gasteiger partial charge in [-0.05, 0) is 24.5 Å². The lowest BCUT2D eigenvalue weighted by atomic mass is 9.82. The zero-order valence-corrected chi connectivity index (χ0v) is 14.9. The number of carbonyl (C=O) groups excluding carboxylic acids is 1. The molecule has 3 atom stereocenters. The quantitative estimate of drug-likeness (QED) is 0.620. The van der Waals surface area contributed by atoms with Crippen molar-refractivity contribution in [1.82, 2.24) is 4.90 Å². The molecule has 2 N–H and O–H groups in total. The van der Waals surface area contributed by atoms with Crippen LogP contribution in [0.2, 0.25) is 0 Å². The highest BCUT2D eigenvalue weighted by atomic mass is 16.4. The van der Waals surface area contributed by atoms with Gasteiger partial charge >= 0.3 is 5.97 Å². The maximum Gasteiger partial charge on any atom is 0.352 e. The first-order chi connectivity index (χ1) is 13.0. The molecule has 1 saturated heterocycles. The van der Waals surface area contributed by atoms with E-state index in [-0.39, 0.29) is 17.6 Å². The van der Waals surface area contributed by atoms with Crippen LogP contribution in [0.1, 0.15) is 24.5 Å². The molecule has 0 radical (unpaired) electrons. The van der Waals surface area contributed by atoms with Gasteiger partial charge in [0.25, 0.3) is 0 Å². The summed E-state index contributed by atoms with van der Waals surface area (Å²) in [7, 11) is 0. The number of aliphatic carboxylic acids is 1. The predicted molar refractivity (Wildman–Crippen MR) is 97.2 cm³/mol. The van der Waals surface area contributed by atoms with Gasteiger partial charge in [-0.2, -0.15) is 0 Å². The molecule has 2 aliphatic heterocycles. The molecule has 1 amide bonds.